The van der Waals surface area contributed by atoms with E-state index in [0.29, 0.717) is 6.61 Å². The second-order valence-corrected chi connectivity index (χ2v) is 6.24. The first-order valence-electron chi connectivity index (χ1n) is 7.58. The van der Waals surface area contributed by atoms with Gasteiger partial charge in [0.05, 0.1) is 24.4 Å². The molecule has 1 aliphatic heterocycles. The number of rotatable bonds is 3. The normalized spacial score (nSPS) is 24.9. The minimum atomic E-state index is 0.0227. The van der Waals surface area contributed by atoms with Crippen LogP contribution in [0.3, 0.4) is 0 Å². The van der Waals surface area contributed by atoms with Crippen LogP contribution in [0.4, 0.5) is 0 Å². The Balaban J connectivity index is 1.50. The van der Waals surface area contributed by atoms with E-state index in [1.807, 2.05) is 13.1 Å². The summed E-state index contributed by atoms with van der Waals surface area (Å²) in [7, 11) is 0. The zero-order valence-electron chi connectivity index (χ0n) is 12.1. The van der Waals surface area contributed by atoms with Crippen LogP contribution in [-0.2, 0) is 16.1 Å². The van der Waals surface area contributed by atoms with Gasteiger partial charge in [-0.25, -0.2) is 0 Å². The summed E-state index contributed by atoms with van der Waals surface area (Å²) >= 11 is 0. The van der Waals surface area contributed by atoms with Crippen molar-refractivity contribution in [3.63, 3.8) is 0 Å². The van der Waals surface area contributed by atoms with Gasteiger partial charge in [-0.05, 0) is 31.7 Å². The number of carbonyl (C=O) groups excluding carboxylic acids is 1. The van der Waals surface area contributed by atoms with Crippen molar-refractivity contribution in [2.45, 2.75) is 63.6 Å². The molecule has 3 rings (SSSR count). The number of aryl methyl sites for hydroxylation is 1. The topological polar surface area (TPSA) is 56.2 Å². The minimum Gasteiger partial charge on any atom is -0.373 e. The van der Waals surface area contributed by atoms with E-state index in [9.17, 15) is 4.79 Å². The highest BCUT2D eigenvalue weighted by Crippen LogP contribution is 2.39. The van der Waals surface area contributed by atoms with Crippen LogP contribution in [0.5, 0.6) is 0 Å². The molecule has 110 valence electrons. The Hall–Kier alpha value is -1.36. The Kier molecular flexibility index (Phi) is 3.78. The van der Waals surface area contributed by atoms with E-state index < -0.39 is 0 Å². The van der Waals surface area contributed by atoms with Gasteiger partial charge in [-0.15, -0.1) is 0 Å². The van der Waals surface area contributed by atoms with E-state index in [4.69, 9.17) is 4.74 Å². The van der Waals surface area contributed by atoms with Crippen molar-refractivity contribution in [1.82, 2.24) is 15.1 Å². The first-order chi connectivity index (χ1) is 9.65. The molecule has 2 aliphatic rings. The molecular weight excluding hydrogens is 254 g/mol. The van der Waals surface area contributed by atoms with Crippen LogP contribution in [0, 0.1) is 6.92 Å². The molecule has 1 saturated carbocycles. The van der Waals surface area contributed by atoms with Crippen molar-refractivity contribution in [3.05, 3.63) is 18.0 Å². The van der Waals surface area contributed by atoms with E-state index in [-0.39, 0.29) is 24.1 Å². The van der Waals surface area contributed by atoms with Crippen molar-refractivity contribution in [3.8, 4) is 0 Å². The summed E-state index contributed by atoms with van der Waals surface area (Å²) < 4.78 is 7.69. The van der Waals surface area contributed by atoms with Gasteiger partial charge in [0.15, 0.2) is 0 Å². The fourth-order valence-corrected chi connectivity index (χ4v) is 3.46. The Morgan fingerprint density at radius 1 is 1.50 bits per heavy atom. The number of aromatic nitrogens is 2. The van der Waals surface area contributed by atoms with Gasteiger partial charge in [0.2, 0.25) is 5.91 Å². The molecule has 5 nitrogen and oxygen atoms in total. The lowest BCUT2D eigenvalue weighted by Gasteiger charge is -2.32. The number of hydrogen-bond acceptors (Lipinski definition) is 3. The number of nitrogens with zero attached hydrogens (tertiary/aromatic N) is 2. The lowest BCUT2D eigenvalue weighted by Crippen LogP contribution is -2.39. The Morgan fingerprint density at radius 3 is 3.00 bits per heavy atom. The summed E-state index contributed by atoms with van der Waals surface area (Å²) in [5.41, 5.74) is 1.13. The van der Waals surface area contributed by atoms with Crippen LogP contribution in [0.1, 0.15) is 44.1 Å². The monoisotopic (exact) mass is 277 g/mol. The van der Waals surface area contributed by atoms with E-state index in [1.165, 1.54) is 19.3 Å². The maximum atomic E-state index is 12.0. The predicted molar refractivity (Wildman–Crippen MR) is 75.3 cm³/mol. The van der Waals surface area contributed by atoms with Gasteiger partial charge in [0, 0.05) is 6.20 Å². The van der Waals surface area contributed by atoms with Crippen molar-refractivity contribution < 1.29 is 9.53 Å². The molecular formula is C15H23N3O2. The molecule has 1 aliphatic carbocycles. The molecule has 0 radical (unpaired) electrons. The van der Waals surface area contributed by atoms with Crippen LogP contribution in [0.15, 0.2) is 12.4 Å². The number of nitrogens with one attached hydrogen (secondary N) is 1. The Labute approximate surface area is 119 Å². The lowest BCUT2D eigenvalue weighted by molar-refractivity contribution is -0.122. The zero-order chi connectivity index (χ0) is 14.0. The average molecular weight is 277 g/mol. The maximum absolute atomic E-state index is 12.0. The highest BCUT2D eigenvalue weighted by atomic mass is 16.5. The van der Waals surface area contributed by atoms with Crippen molar-refractivity contribution in [1.29, 1.82) is 0 Å². The summed E-state index contributed by atoms with van der Waals surface area (Å²) in [6.07, 6.45) is 10.8. The van der Waals surface area contributed by atoms with Gasteiger partial charge >= 0.3 is 0 Å². The molecule has 2 fully saturated rings. The summed E-state index contributed by atoms with van der Waals surface area (Å²) in [6, 6.07) is 0.164. The first kappa shape index (κ1) is 13.6. The third-order valence-electron chi connectivity index (χ3n) is 4.41. The smallest absolute Gasteiger partial charge is 0.242 e. The zero-order valence-corrected chi connectivity index (χ0v) is 12.1. The van der Waals surface area contributed by atoms with Gasteiger partial charge in [0.1, 0.15) is 6.54 Å². The molecule has 20 heavy (non-hydrogen) atoms. The predicted octanol–water partition coefficient (Wildman–Crippen LogP) is 1.80. The van der Waals surface area contributed by atoms with Crippen molar-refractivity contribution in [2.75, 3.05) is 6.61 Å². The number of hydrogen-bond donors (Lipinski definition) is 1. The van der Waals surface area contributed by atoms with Crippen LogP contribution in [0.2, 0.25) is 0 Å². The van der Waals surface area contributed by atoms with Crippen LogP contribution < -0.4 is 5.32 Å². The highest BCUT2D eigenvalue weighted by Gasteiger charge is 2.41. The molecule has 1 aromatic rings. The summed E-state index contributed by atoms with van der Waals surface area (Å²) in [6.45, 7) is 2.92. The van der Waals surface area contributed by atoms with Crippen LogP contribution in [0.25, 0.3) is 0 Å². The minimum absolute atomic E-state index is 0.0227. The third-order valence-corrected chi connectivity index (χ3v) is 4.41. The van der Waals surface area contributed by atoms with Gasteiger partial charge < -0.3 is 10.1 Å². The fourth-order valence-electron chi connectivity index (χ4n) is 3.46. The van der Waals surface area contributed by atoms with E-state index >= 15 is 0 Å². The second kappa shape index (κ2) is 5.56. The Morgan fingerprint density at radius 2 is 2.30 bits per heavy atom. The second-order valence-electron chi connectivity index (χ2n) is 6.24. The van der Waals surface area contributed by atoms with E-state index in [1.54, 1.807) is 10.9 Å². The molecule has 1 atom stereocenters. The van der Waals surface area contributed by atoms with Crippen molar-refractivity contribution >= 4 is 5.91 Å². The number of ether oxygens (including phenoxy) is 1. The lowest BCUT2D eigenvalue weighted by atomic mass is 9.82. The molecule has 1 saturated heterocycles. The van der Waals surface area contributed by atoms with E-state index in [0.717, 1.165) is 24.8 Å². The molecule has 1 N–H and O–H groups in total. The quantitative estimate of drug-likeness (QED) is 0.916. The summed E-state index contributed by atoms with van der Waals surface area (Å²) in [4.78, 5) is 12.0. The largest absolute Gasteiger partial charge is 0.373 e. The molecule has 2 heterocycles. The number of amides is 1. The van der Waals surface area contributed by atoms with Gasteiger partial charge in [-0.1, -0.05) is 19.3 Å². The molecule has 1 spiro atoms. The first-order valence-corrected chi connectivity index (χ1v) is 7.58. The molecule has 1 aromatic heterocycles. The fraction of sp³-hybridized carbons (Fsp3) is 0.733. The highest BCUT2D eigenvalue weighted by molar-refractivity contribution is 5.76. The van der Waals surface area contributed by atoms with E-state index in [2.05, 4.69) is 10.4 Å². The summed E-state index contributed by atoms with van der Waals surface area (Å²) in [5, 5.41) is 7.22. The van der Waals surface area contributed by atoms with Crippen LogP contribution >= 0.6 is 0 Å². The molecule has 0 bridgehead atoms. The van der Waals surface area contributed by atoms with Gasteiger partial charge in [-0.2, -0.15) is 5.10 Å². The third kappa shape index (κ3) is 3.03. The molecule has 1 amide bonds. The average Bonchev–Trinajstić information content (AvgIpc) is 2.98. The van der Waals surface area contributed by atoms with Crippen molar-refractivity contribution in [2.24, 2.45) is 0 Å². The summed E-state index contributed by atoms with van der Waals surface area (Å²) in [5.74, 6) is 0.0227. The van der Waals surface area contributed by atoms with Gasteiger partial charge in [-0.3, -0.25) is 9.48 Å². The number of carbonyl (C=O) groups is 1. The SMILES string of the molecule is Cc1cnn(CC(=O)NC2COC3(CCCCC3)C2)c1. The molecule has 1 unspecified atom stereocenters. The Bertz CT molecular complexity index is 477. The molecule has 5 heteroatoms. The standard InChI is InChI=1S/C15H23N3O2/c1-12-8-16-18(9-12)10-14(19)17-13-7-15(20-11-13)5-3-2-4-6-15/h8-9,13H,2-7,10-11H2,1H3,(H,17,19). The van der Waals surface area contributed by atoms with Crippen LogP contribution in [-0.4, -0.2) is 33.9 Å². The maximum Gasteiger partial charge on any atom is 0.242 e. The van der Waals surface area contributed by atoms with Gasteiger partial charge in [0.25, 0.3) is 0 Å². The molecule has 0 aromatic carbocycles.